The summed E-state index contributed by atoms with van der Waals surface area (Å²) in [5.74, 6) is 0. The average Bonchev–Trinajstić information content (AvgIpc) is 3.04. The van der Waals surface area contributed by atoms with Crippen molar-refractivity contribution in [3.05, 3.63) is 77.6 Å². The Morgan fingerprint density at radius 3 is 2.52 bits per heavy atom. The molecule has 5 nitrogen and oxygen atoms in total. The first kappa shape index (κ1) is 15.9. The lowest BCUT2D eigenvalue weighted by Crippen LogP contribution is -2.40. The van der Waals surface area contributed by atoms with Gasteiger partial charge in [-0.15, -0.1) is 0 Å². The molecule has 3 aromatic rings. The molecule has 0 amide bonds. The molecular formula is C19H19N3O2S. The number of para-hydroxylation sites is 1. The minimum Gasteiger partial charge on any atom is -0.361 e. The molecule has 1 aromatic heterocycles. The van der Waals surface area contributed by atoms with Crippen LogP contribution in [0.4, 0.5) is 0 Å². The molecule has 0 saturated carbocycles. The molecule has 1 atom stereocenters. The Balaban J connectivity index is 1.98. The van der Waals surface area contributed by atoms with Gasteiger partial charge < -0.3 is 4.98 Å². The predicted octanol–water partition coefficient (Wildman–Crippen LogP) is 3.35. The van der Waals surface area contributed by atoms with E-state index in [1.165, 1.54) is 8.61 Å². The van der Waals surface area contributed by atoms with Crippen molar-refractivity contribution >= 4 is 27.2 Å². The number of nitrogens with one attached hydrogen (secondary N) is 1. The number of hydrogen-bond acceptors (Lipinski definition) is 2. The zero-order valence-corrected chi connectivity index (χ0v) is 14.9. The van der Waals surface area contributed by atoms with E-state index < -0.39 is 16.3 Å². The number of benzene rings is 2. The van der Waals surface area contributed by atoms with Crippen molar-refractivity contribution in [3.8, 4) is 0 Å². The Kier molecular flexibility index (Phi) is 3.67. The second-order valence-corrected chi connectivity index (χ2v) is 8.30. The average molecular weight is 353 g/mol. The summed E-state index contributed by atoms with van der Waals surface area (Å²) < 4.78 is 28.5. The molecule has 1 aliphatic rings. The number of hydrogen-bond donors (Lipinski definition) is 1. The van der Waals surface area contributed by atoms with Crippen LogP contribution in [-0.2, 0) is 10.2 Å². The predicted molar refractivity (Wildman–Crippen MR) is 100 cm³/mol. The molecule has 2 aromatic carbocycles. The van der Waals surface area contributed by atoms with Crippen molar-refractivity contribution in [1.82, 2.24) is 13.6 Å². The maximum absolute atomic E-state index is 12.9. The Hall–Kier alpha value is -2.57. The first-order valence-electron chi connectivity index (χ1n) is 8.04. The number of aromatic nitrogens is 1. The van der Waals surface area contributed by atoms with E-state index in [0.29, 0.717) is 0 Å². The maximum Gasteiger partial charge on any atom is 0.303 e. The zero-order valence-electron chi connectivity index (χ0n) is 14.0. The molecule has 0 saturated heterocycles. The summed E-state index contributed by atoms with van der Waals surface area (Å²) in [6.45, 7) is 0. The van der Waals surface area contributed by atoms with Gasteiger partial charge in [0, 0.05) is 43.0 Å². The SMILES string of the molecule is CN(C)S(=O)(=O)N1C=Cc2ccccc2[C@H]1c1c[nH]c2ccccc12. The molecule has 0 radical (unpaired) electrons. The lowest BCUT2D eigenvalue weighted by molar-refractivity contribution is 0.403. The fourth-order valence-corrected chi connectivity index (χ4v) is 4.40. The van der Waals surface area contributed by atoms with Crippen LogP contribution in [0, 0.1) is 0 Å². The zero-order chi connectivity index (χ0) is 17.6. The summed E-state index contributed by atoms with van der Waals surface area (Å²) in [5, 5.41) is 1.02. The van der Waals surface area contributed by atoms with Crippen LogP contribution in [0.15, 0.2) is 60.9 Å². The molecule has 0 fully saturated rings. The van der Waals surface area contributed by atoms with E-state index in [-0.39, 0.29) is 0 Å². The van der Waals surface area contributed by atoms with Crippen molar-refractivity contribution in [1.29, 1.82) is 0 Å². The number of H-pyrrole nitrogens is 1. The minimum atomic E-state index is -3.62. The first-order valence-corrected chi connectivity index (χ1v) is 9.44. The molecule has 6 heteroatoms. The fourth-order valence-electron chi connectivity index (χ4n) is 3.31. The second kappa shape index (κ2) is 5.75. The van der Waals surface area contributed by atoms with Crippen molar-refractivity contribution in [2.75, 3.05) is 14.1 Å². The first-order chi connectivity index (χ1) is 12.0. The van der Waals surface area contributed by atoms with Crippen LogP contribution in [0.5, 0.6) is 0 Å². The van der Waals surface area contributed by atoms with E-state index in [1.807, 2.05) is 60.8 Å². The van der Waals surface area contributed by atoms with Crippen molar-refractivity contribution in [2.45, 2.75) is 6.04 Å². The minimum absolute atomic E-state index is 0.412. The highest BCUT2D eigenvalue weighted by molar-refractivity contribution is 7.86. The number of aromatic amines is 1. The van der Waals surface area contributed by atoms with Crippen LogP contribution in [0.3, 0.4) is 0 Å². The lowest BCUT2D eigenvalue weighted by Gasteiger charge is -2.35. The highest BCUT2D eigenvalue weighted by Gasteiger charge is 2.35. The Labute approximate surface area is 147 Å². The Morgan fingerprint density at radius 1 is 1.00 bits per heavy atom. The molecule has 128 valence electrons. The molecule has 4 rings (SSSR count). The molecule has 25 heavy (non-hydrogen) atoms. The van der Waals surface area contributed by atoms with Gasteiger partial charge in [-0.05, 0) is 23.3 Å². The highest BCUT2D eigenvalue weighted by atomic mass is 32.2. The van der Waals surface area contributed by atoms with Crippen molar-refractivity contribution < 1.29 is 8.42 Å². The van der Waals surface area contributed by atoms with Crippen LogP contribution in [0.1, 0.15) is 22.7 Å². The smallest absolute Gasteiger partial charge is 0.303 e. The van der Waals surface area contributed by atoms with Crippen LogP contribution in [0.25, 0.3) is 17.0 Å². The largest absolute Gasteiger partial charge is 0.361 e. The summed E-state index contributed by atoms with van der Waals surface area (Å²) in [6, 6.07) is 15.4. The summed E-state index contributed by atoms with van der Waals surface area (Å²) in [6.07, 6.45) is 5.41. The topological polar surface area (TPSA) is 56.4 Å². The summed E-state index contributed by atoms with van der Waals surface area (Å²) in [7, 11) is -0.517. The molecular weight excluding hydrogens is 334 g/mol. The van der Waals surface area contributed by atoms with Gasteiger partial charge in [0.1, 0.15) is 0 Å². The molecule has 0 spiro atoms. The fraction of sp³-hybridized carbons (Fsp3) is 0.158. The standard InChI is InChI=1S/C19H19N3O2S/c1-21(2)25(23,24)22-12-11-14-7-3-4-8-15(14)19(22)17-13-20-18-10-6-5-9-16(17)18/h3-13,19-20H,1-2H3/t19-/m0/s1. The molecule has 1 N–H and O–H groups in total. The van der Waals surface area contributed by atoms with Gasteiger partial charge in [-0.1, -0.05) is 42.5 Å². The number of fused-ring (bicyclic) bond motifs is 2. The van der Waals surface area contributed by atoms with E-state index in [1.54, 1.807) is 20.3 Å². The second-order valence-electron chi connectivity index (χ2n) is 6.26. The van der Waals surface area contributed by atoms with Gasteiger partial charge in [0.2, 0.25) is 0 Å². The molecule has 2 heterocycles. The molecule has 1 aliphatic heterocycles. The maximum atomic E-state index is 12.9. The quantitative estimate of drug-likeness (QED) is 0.785. The van der Waals surface area contributed by atoms with E-state index in [9.17, 15) is 8.42 Å². The molecule has 0 aliphatic carbocycles. The van der Waals surface area contributed by atoms with Gasteiger partial charge in [-0.25, -0.2) is 0 Å². The van der Waals surface area contributed by atoms with Crippen LogP contribution >= 0.6 is 0 Å². The summed E-state index contributed by atoms with van der Waals surface area (Å²) in [5.41, 5.74) is 3.94. The van der Waals surface area contributed by atoms with Gasteiger partial charge in [0.25, 0.3) is 0 Å². The van der Waals surface area contributed by atoms with Gasteiger partial charge in [-0.2, -0.15) is 12.7 Å². The van der Waals surface area contributed by atoms with Gasteiger partial charge in [0.05, 0.1) is 6.04 Å². The monoisotopic (exact) mass is 353 g/mol. The van der Waals surface area contributed by atoms with E-state index in [4.69, 9.17) is 0 Å². The van der Waals surface area contributed by atoms with Crippen LogP contribution in [-0.4, -0.2) is 36.1 Å². The molecule has 0 bridgehead atoms. The van der Waals surface area contributed by atoms with Crippen LogP contribution < -0.4 is 0 Å². The number of rotatable bonds is 3. The highest BCUT2D eigenvalue weighted by Crippen LogP contribution is 2.40. The van der Waals surface area contributed by atoms with Crippen LogP contribution in [0.2, 0.25) is 0 Å². The third-order valence-corrected chi connectivity index (χ3v) is 6.38. The van der Waals surface area contributed by atoms with E-state index in [2.05, 4.69) is 4.98 Å². The van der Waals surface area contributed by atoms with Crippen molar-refractivity contribution in [2.24, 2.45) is 0 Å². The van der Waals surface area contributed by atoms with E-state index >= 15 is 0 Å². The summed E-state index contributed by atoms with van der Waals surface area (Å²) >= 11 is 0. The van der Waals surface area contributed by atoms with Gasteiger partial charge >= 0.3 is 10.2 Å². The van der Waals surface area contributed by atoms with Gasteiger partial charge in [-0.3, -0.25) is 4.31 Å². The Bertz CT molecular complexity index is 1070. The summed E-state index contributed by atoms with van der Waals surface area (Å²) in [4.78, 5) is 3.26. The van der Waals surface area contributed by atoms with Gasteiger partial charge in [0.15, 0.2) is 0 Å². The Morgan fingerprint density at radius 2 is 1.72 bits per heavy atom. The molecule has 0 unspecified atom stereocenters. The number of nitrogens with zero attached hydrogens (tertiary/aromatic N) is 2. The van der Waals surface area contributed by atoms with E-state index in [0.717, 1.165) is 27.6 Å². The lowest BCUT2D eigenvalue weighted by atomic mass is 9.92. The van der Waals surface area contributed by atoms with Crippen molar-refractivity contribution in [3.63, 3.8) is 0 Å². The normalized spacial score (nSPS) is 17.2. The third kappa shape index (κ3) is 2.45. The third-order valence-electron chi connectivity index (χ3n) is 4.59.